The Kier molecular flexibility index (Phi) is 4.87. The summed E-state index contributed by atoms with van der Waals surface area (Å²) in [7, 11) is 0. The van der Waals surface area contributed by atoms with Gasteiger partial charge in [0.15, 0.2) is 5.76 Å². The van der Waals surface area contributed by atoms with Gasteiger partial charge in [0.05, 0.1) is 5.75 Å². The molecule has 0 aliphatic carbocycles. The van der Waals surface area contributed by atoms with Crippen molar-refractivity contribution in [2.75, 3.05) is 6.54 Å². The molecule has 5 nitrogen and oxygen atoms in total. The van der Waals surface area contributed by atoms with Crippen molar-refractivity contribution >= 4 is 23.6 Å². The highest BCUT2D eigenvalue weighted by Crippen LogP contribution is 2.27. The van der Waals surface area contributed by atoms with Crippen LogP contribution < -0.4 is 0 Å². The Balaban J connectivity index is 2.08. The molecule has 2 rings (SSSR count). The quantitative estimate of drug-likeness (QED) is 0.903. The van der Waals surface area contributed by atoms with Gasteiger partial charge in [-0.1, -0.05) is 18.7 Å². The van der Waals surface area contributed by atoms with Gasteiger partial charge in [-0.15, -0.1) is 0 Å². The lowest BCUT2D eigenvalue weighted by molar-refractivity contribution is -0.142. The molecule has 2 heterocycles. The van der Waals surface area contributed by atoms with E-state index < -0.39 is 23.7 Å². The maximum atomic E-state index is 12.3. The smallest absolute Gasteiger partial charge is 0.326 e. The molecule has 1 aliphatic rings. The van der Waals surface area contributed by atoms with Crippen LogP contribution in [0.3, 0.4) is 0 Å². The largest absolute Gasteiger partial charge is 0.480 e. The van der Waals surface area contributed by atoms with Crippen LogP contribution in [-0.4, -0.2) is 40.2 Å². The summed E-state index contributed by atoms with van der Waals surface area (Å²) >= 11 is 0.401. The minimum absolute atomic E-state index is 0.0137. The van der Waals surface area contributed by atoms with E-state index >= 15 is 0 Å². The summed E-state index contributed by atoms with van der Waals surface area (Å²) in [5.74, 6) is -3.99. The van der Waals surface area contributed by atoms with Crippen molar-refractivity contribution in [2.24, 2.45) is 5.92 Å². The second-order valence-electron chi connectivity index (χ2n) is 4.89. The number of carboxylic acids is 1. The molecular weight excluding hydrogens is 304 g/mol. The fourth-order valence-electron chi connectivity index (χ4n) is 2.41. The molecule has 8 heteroatoms. The molecule has 2 atom stereocenters. The first-order chi connectivity index (χ1) is 9.90. The predicted octanol–water partition coefficient (Wildman–Crippen LogP) is 2.67. The number of alkyl halides is 2. The number of rotatable bonds is 5. The SMILES string of the molecule is CC1CCN(C(=O)c2ccc(CSC(F)F)o2)C1C(=O)O. The van der Waals surface area contributed by atoms with E-state index in [1.54, 1.807) is 6.92 Å². The Hall–Kier alpha value is -1.57. The molecule has 21 heavy (non-hydrogen) atoms. The highest BCUT2D eigenvalue weighted by molar-refractivity contribution is 7.98. The standard InChI is InChI=1S/C13H15F2NO4S/c1-7-4-5-16(10(7)12(18)19)11(17)9-3-2-8(20-9)6-21-13(14)15/h2-3,7,10,13H,4-6H2,1H3,(H,18,19). The van der Waals surface area contributed by atoms with Crippen molar-refractivity contribution in [2.45, 2.75) is 30.9 Å². The number of nitrogens with zero attached hydrogens (tertiary/aromatic N) is 1. The minimum atomic E-state index is -2.51. The van der Waals surface area contributed by atoms with Crippen molar-refractivity contribution in [3.8, 4) is 0 Å². The van der Waals surface area contributed by atoms with Crippen molar-refractivity contribution in [3.05, 3.63) is 23.7 Å². The number of halogens is 2. The van der Waals surface area contributed by atoms with Gasteiger partial charge in [0, 0.05) is 6.54 Å². The Morgan fingerprint density at radius 2 is 2.24 bits per heavy atom. The number of aliphatic carboxylic acids is 1. The van der Waals surface area contributed by atoms with Crippen LogP contribution in [0.25, 0.3) is 0 Å². The molecule has 0 aromatic carbocycles. The highest BCUT2D eigenvalue weighted by atomic mass is 32.2. The van der Waals surface area contributed by atoms with Crippen LogP contribution in [0.2, 0.25) is 0 Å². The number of amides is 1. The van der Waals surface area contributed by atoms with Gasteiger partial charge in [-0.2, -0.15) is 8.78 Å². The molecule has 0 radical (unpaired) electrons. The monoisotopic (exact) mass is 319 g/mol. The van der Waals surface area contributed by atoms with Gasteiger partial charge < -0.3 is 14.4 Å². The summed E-state index contributed by atoms with van der Waals surface area (Å²) in [6.45, 7) is 2.12. The van der Waals surface area contributed by atoms with Crippen LogP contribution in [0.5, 0.6) is 0 Å². The molecule has 1 saturated heterocycles. The predicted molar refractivity (Wildman–Crippen MR) is 72.2 cm³/mol. The summed E-state index contributed by atoms with van der Waals surface area (Å²) in [5.41, 5.74) is 0. The summed E-state index contributed by atoms with van der Waals surface area (Å²) < 4.78 is 29.4. The lowest BCUT2D eigenvalue weighted by atomic mass is 10.0. The number of hydrogen-bond acceptors (Lipinski definition) is 4. The molecule has 1 aromatic heterocycles. The Labute approximate surface area is 124 Å². The van der Waals surface area contributed by atoms with Crippen molar-refractivity contribution in [3.63, 3.8) is 0 Å². The Bertz CT molecular complexity index is 534. The fraction of sp³-hybridized carbons (Fsp3) is 0.538. The van der Waals surface area contributed by atoms with E-state index in [9.17, 15) is 23.5 Å². The number of likely N-dealkylation sites (tertiary alicyclic amines) is 1. The normalized spacial score (nSPS) is 22.0. The molecule has 1 fully saturated rings. The van der Waals surface area contributed by atoms with Crippen LogP contribution in [0.4, 0.5) is 8.78 Å². The Morgan fingerprint density at radius 1 is 1.52 bits per heavy atom. The fourth-order valence-corrected chi connectivity index (χ4v) is 2.85. The van der Waals surface area contributed by atoms with E-state index in [-0.39, 0.29) is 23.2 Å². The van der Waals surface area contributed by atoms with E-state index in [0.29, 0.717) is 24.7 Å². The summed E-state index contributed by atoms with van der Waals surface area (Å²) in [5, 5.41) is 9.19. The zero-order valence-corrected chi connectivity index (χ0v) is 12.1. The van der Waals surface area contributed by atoms with Crippen LogP contribution >= 0.6 is 11.8 Å². The molecule has 0 saturated carbocycles. The summed E-state index contributed by atoms with van der Waals surface area (Å²) in [6.07, 6.45) is 0.609. The van der Waals surface area contributed by atoms with Crippen molar-refractivity contribution < 1.29 is 27.9 Å². The zero-order chi connectivity index (χ0) is 15.6. The zero-order valence-electron chi connectivity index (χ0n) is 11.3. The maximum absolute atomic E-state index is 12.3. The van der Waals surface area contributed by atoms with E-state index in [1.165, 1.54) is 17.0 Å². The minimum Gasteiger partial charge on any atom is -0.480 e. The van der Waals surface area contributed by atoms with E-state index in [0.717, 1.165) is 0 Å². The number of carbonyl (C=O) groups is 2. The molecular formula is C13H15F2NO4S. The summed E-state index contributed by atoms with van der Waals surface area (Å²) in [6, 6.07) is 1.98. The lowest BCUT2D eigenvalue weighted by Crippen LogP contribution is -2.42. The van der Waals surface area contributed by atoms with Crippen LogP contribution in [-0.2, 0) is 10.5 Å². The molecule has 116 valence electrons. The van der Waals surface area contributed by atoms with E-state index in [1.807, 2.05) is 0 Å². The third kappa shape index (κ3) is 3.55. The number of thioether (sulfide) groups is 1. The number of hydrogen-bond donors (Lipinski definition) is 1. The third-order valence-corrected chi connectivity index (χ3v) is 4.14. The van der Waals surface area contributed by atoms with Gasteiger partial charge >= 0.3 is 5.97 Å². The van der Waals surface area contributed by atoms with Gasteiger partial charge in [-0.3, -0.25) is 4.79 Å². The van der Waals surface area contributed by atoms with Crippen LogP contribution in [0, 0.1) is 5.92 Å². The van der Waals surface area contributed by atoms with E-state index in [2.05, 4.69) is 0 Å². The molecule has 0 spiro atoms. The van der Waals surface area contributed by atoms with Crippen molar-refractivity contribution in [1.82, 2.24) is 4.90 Å². The van der Waals surface area contributed by atoms with Crippen LogP contribution in [0.1, 0.15) is 29.7 Å². The average Bonchev–Trinajstić information content (AvgIpc) is 3.01. The second kappa shape index (κ2) is 6.46. The average molecular weight is 319 g/mol. The van der Waals surface area contributed by atoms with Gasteiger partial charge in [0.25, 0.3) is 11.7 Å². The maximum Gasteiger partial charge on any atom is 0.326 e. The van der Waals surface area contributed by atoms with Crippen molar-refractivity contribution in [1.29, 1.82) is 0 Å². The molecule has 1 aromatic rings. The molecule has 1 amide bonds. The first-order valence-electron chi connectivity index (χ1n) is 6.42. The lowest BCUT2D eigenvalue weighted by Gasteiger charge is -2.22. The van der Waals surface area contributed by atoms with Gasteiger partial charge in [-0.25, -0.2) is 4.79 Å². The van der Waals surface area contributed by atoms with Gasteiger partial charge in [0.2, 0.25) is 0 Å². The molecule has 1 N–H and O–H groups in total. The number of carbonyl (C=O) groups excluding carboxylic acids is 1. The number of furan rings is 1. The number of carboxylic acid groups (broad SMARTS) is 1. The first kappa shape index (κ1) is 15.8. The molecule has 0 bridgehead atoms. The van der Waals surface area contributed by atoms with Crippen LogP contribution in [0.15, 0.2) is 16.5 Å². The highest BCUT2D eigenvalue weighted by Gasteiger charge is 2.40. The second-order valence-corrected chi connectivity index (χ2v) is 5.86. The summed E-state index contributed by atoms with van der Waals surface area (Å²) in [4.78, 5) is 24.8. The van der Waals surface area contributed by atoms with Gasteiger partial charge in [0.1, 0.15) is 11.8 Å². The topological polar surface area (TPSA) is 70.8 Å². The Morgan fingerprint density at radius 3 is 2.86 bits per heavy atom. The molecule has 2 unspecified atom stereocenters. The van der Waals surface area contributed by atoms with E-state index in [4.69, 9.17) is 4.42 Å². The first-order valence-corrected chi connectivity index (χ1v) is 7.47. The third-order valence-electron chi connectivity index (χ3n) is 3.44. The van der Waals surface area contributed by atoms with Gasteiger partial charge in [-0.05, 0) is 24.5 Å². The molecule has 1 aliphatic heterocycles.